The van der Waals surface area contributed by atoms with E-state index in [2.05, 4.69) is 35.9 Å². The predicted molar refractivity (Wildman–Crippen MR) is 73.2 cm³/mol. The molecular weight excluding hydrogens is 232 g/mol. The third-order valence-electron chi connectivity index (χ3n) is 2.79. The first-order chi connectivity index (χ1) is 8.13. The van der Waals surface area contributed by atoms with Crippen LogP contribution < -0.4 is 10.6 Å². The summed E-state index contributed by atoms with van der Waals surface area (Å²) in [4.78, 5) is 12.8. The summed E-state index contributed by atoms with van der Waals surface area (Å²) in [6, 6.07) is 4.76. The molecule has 0 bridgehead atoms. The van der Waals surface area contributed by atoms with Gasteiger partial charge in [0.05, 0.1) is 0 Å². The van der Waals surface area contributed by atoms with Crippen molar-refractivity contribution < 1.29 is 4.79 Å². The van der Waals surface area contributed by atoms with Crippen molar-refractivity contribution in [2.24, 2.45) is 0 Å². The number of hydrogen-bond acceptors (Lipinski definition) is 3. The summed E-state index contributed by atoms with van der Waals surface area (Å²) >= 11 is 1.74. The van der Waals surface area contributed by atoms with Crippen molar-refractivity contribution in [1.29, 1.82) is 0 Å². The van der Waals surface area contributed by atoms with E-state index in [1.807, 2.05) is 13.0 Å². The van der Waals surface area contributed by atoms with Crippen LogP contribution in [0.1, 0.15) is 44.5 Å². The highest BCUT2D eigenvalue weighted by atomic mass is 32.1. The second kappa shape index (κ2) is 7.45. The van der Waals surface area contributed by atoms with Crippen LogP contribution in [0.25, 0.3) is 0 Å². The molecular formula is C13H22N2OS. The molecule has 2 unspecified atom stereocenters. The Kier molecular flexibility index (Phi) is 6.22. The highest BCUT2D eigenvalue weighted by Crippen LogP contribution is 2.17. The summed E-state index contributed by atoms with van der Waals surface area (Å²) in [6.07, 6.45) is 1.52. The van der Waals surface area contributed by atoms with Crippen molar-refractivity contribution in [3.63, 3.8) is 0 Å². The zero-order valence-corrected chi connectivity index (χ0v) is 11.6. The standard InChI is InChI=1S/C13H22N2OS/c1-4-10(2)15-13(16)7-8-14-11(3)12-6-5-9-17-12/h5-6,9-11,14H,4,7-8H2,1-3H3,(H,15,16). The molecule has 0 saturated heterocycles. The smallest absolute Gasteiger partial charge is 0.221 e. The van der Waals surface area contributed by atoms with Crippen molar-refractivity contribution >= 4 is 17.2 Å². The molecule has 0 saturated carbocycles. The van der Waals surface area contributed by atoms with Gasteiger partial charge in [-0.25, -0.2) is 0 Å². The maximum absolute atomic E-state index is 11.5. The number of carbonyl (C=O) groups is 1. The van der Waals surface area contributed by atoms with Crippen LogP contribution >= 0.6 is 11.3 Å². The van der Waals surface area contributed by atoms with E-state index in [9.17, 15) is 4.79 Å². The topological polar surface area (TPSA) is 41.1 Å². The normalized spacial score (nSPS) is 14.3. The molecule has 0 radical (unpaired) electrons. The summed E-state index contributed by atoms with van der Waals surface area (Å²) < 4.78 is 0. The predicted octanol–water partition coefficient (Wildman–Crippen LogP) is 2.70. The Morgan fingerprint density at radius 2 is 2.24 bits per heavy atom. The molecule has 0 fully saturated rings. The van der Waals surface area contributed by atoms with Crippen molar-refractivity contribution in [3.05, 3.63) is 22.4 Å². The minimum atomic E-state index is 0.130. The lowest BCUT2D eigenvalue weighted by Gasteiger charge is -2.14. The molecule has 17 heavy (non-hydrogen) atoms. The van der Waals surface area contributed by atoms with Crippen LogP contribution in [0.15, 0.2) is 17.5 Å². The average molecular weight is 254 g/mol. The Labute approximate surface area is 108 Å². The van der Waals surface area contributed by atoms with Gasteiger partial charge in [0.25, 0.3) is 0 Å². The Balaban J connectivity index is 2.17. The van der Waals surface area contributed by atoms with E-state index in [1.54, 1.807) is 11.3 Å². The minimum Gasteiger partial charge on any atom is -0.354 e. The fourth-order valence-electron chi connectivity index (χ4n) is 1.49. The third-order valence-corrected chi connectivity index (χ3v) is 3.85. The van der Waals surface area contributed by atoms with E-state index in [0.29, 0.717) is 12.5 Å². The highest BCUT2D eigenvalue weighted by molar-refractivity contribution is 7.10. The molecule has 2 atom stereocenters. The summed E-state index contributed by atoms with van der Waals surface area (Å²) in [7, 11) is 0. The lowest BCUT2D eigenvalue weighted by molar-refractivity contribution is -0.121. The largest absolute Gasteiger partial charge is 0.354 e. The number of amides is 1. The van der Waals surface area contributed by atoms with Crippen LogP contribution in [-0.4, -0.2) is 18.5 Å². The van der Waals surface area contributed by atoms with Gasteiger partial charge >= 0.3 is 0 Å². The second-order valence-electron chi connectivity index (χ2n) is 4.32. The number of nitrogens with one attached hydrogen (secondary N) is 2. The van der Waals surface area contributed by atoms with Gasteiger partial charge in [0.15, 0.2) is 0 Å². The van der Waals surface area contributed by atoms with Crippen LogP contribution in [0.3, 0.4) is 0 Å². The summed E-state index contributed by atoms with van der Waals surface area (Å²) in [5.74, 6) is 0.130. The van der Waals surface area contributed by atoms with E-state index in [1.165, 1.54) is 4.88 Å². The van der Waals surface area contributed by atoms with Crippen molar-refractivity contribution in [3.8, 4) is 0 Å². The molecule has 96 valence electrons. The van der Waals surface area contributed by atoms with Gasteiger partial charge in [-0.3, -0.25) is 4.79 Å². The zero-order valence-electron chi connectivity index (χ0n) is 10.8. The number of hydrogen-bond donors (Lipinski definition) is 2. The Morgan fingerprint density at radius 1 is 1.47 bits per heavy atom. The molecule has 0 aliphatic rings. The van der Waals surface area contributed by atoms with Gasteiger partial charge in [0, 0.05) is 29.9 Å². The number of rotatable bonds is 7. The average Bonchev–Trinajstić information content (AvgIpc) is 2.82. The maximum atomic E-state index is 11.5. The van der Waals surface area contributed by atoms with Crippen LogP contribution in [0, 0.1) is 0 Å². The third kappa shape index (κ3) is 5.33. The van der Waals surface area contributed by atoms with E-state index in [-0.39, 0.29) is 11.9 Å². The van der Waals surface area contributed by atoms with E-state index < -0.39 is 0 Å². The van der Waals surface area contributed by atoms with E-state index in [0.717, 1.165) is 13.0 Å². The molecule has 3 nitrogen and oxygen atoms in total. The SMILES string of the molecule is CCC(C)NC(=O)CCNC(C)c1cccs1. The first kappa shape index (κ1) is 14.2. The van der Waals surface area contributed by atoms with Gasteiger partial charge in [-0.2, -0.15) is 0 Å². The summed E-state index contributed by atoms with van der Waals surface area (Å²) in [5.41, 5.74) is 0. The zero-order chi connectivity index (χ0) is 12.7. The molecule has 1 rings (SSSR count). The molecule has 4 heteroatoms. The molecule has 2 N–H and O–H groups in total. The van der Waals surface area contributed by atoms with Crippen LogP contribution in [0.4, 0.5) is 0 Å². The van der Waals surface area contributed by atoms with Gasteiger partial charge in [-0.15, -0.1) is 11.3 Å². The van der Waals surface area contributed by atoms with Crippen LogP contribution in [-0.2, 0) is 4.79 Å². The minimum absolute atomic E-state index is 0.130. The van der Waals surface area contributed by atoms with Crippen molar-refractivity contribution in [1.82, 2.24) is 10.6 Å². The Hall–Kier alpha value is -0.870. The van der Waals surface area contributed by atoms with E-state index in [4.69, 9.17) is 0 Å². The lowest BCUT2D eigenvalue weighted by Crippen LogP contribution is -2.34. The van der Waals surface area contributed by atoms with Crippen LogP contribution in [0.5, 0.6) is 0 Å². The second-order valence-corrected chi connectivity index (χ2v) is 5.30. The molecule has 1 aromatic heterocycles. The lowest BCUT2D eigenvalue weighted by atomic mass is 10.2. The molecule has 0 aliphatic carbocycles. The molecule has 1 aromatic rings. The fraction of sp³-hybridized carbons (Fsp3) is 0.615. The highest BCUT2D eigenvalue weighted by Gasteiger charge is 2.08. The van der Waals surface area contributed by atoms with Gasteiger partial charge in [-0.05, 0) is 31.7 Å². The van der Waals surface area contributed by atoms with Crippen molar-refractivity contribution in [2.45, 2.75) is 45.7 Å². The molecule has 0 aliphatic heterocycles. The summed E-state index contributed by atoms with van der Waals surface area (Å²) in [5, 5.41) is 8.39. The molecule has 0 aromatic carbocycles. The summed E-state index contributed by atoms with van der Waals surface area (Å²) in [6.45, 7) is 6.95. The van der Waals surface area contributed by atoms with Gasteiger partial charge in [0.1, 0.15) is 0 Å². The Morgan fingerprint density at radius 3 is 2.82 bits per heavy atom. The molecule has 0 spiro atoms. The molecule has 1 amide bonds. The van der Waals surface area contributed by atoms with Gasteiger partial charge in [-0.1, -0.05) is 13.0 Å². The Bertz CT molecular complexity index is 324. The fourth-order valence-corrected chi connectivity index (χ4v) is 2.25. The molecule has 1 heterocycles. The first-order valence-corrected chi connectivity index (χ1v) is 7.07. The van der Waals surface area contributed by atoms with Gasteiger partial charge in [0.2, 0.25) is 5.91 Å². The van der Waals surface area contributed by atoms with E-state index >= 15 is 0 Å². The van der Waals surface area contributed by atoms with Gasteiger partial charge < -0.3 is 10.6 Å². The maximum Gasteiger partial charge on any atom is 0.221 e. The van der Waals surface area contributed by atoms with Crippen molar-refractivity contribution in [2.75, 3.05) is 6.54 Å². The number of thiophene rings is 1. The first-order valence-electron chi connectivity index (χ1n) is 6.19. The van der Waals surface area contributed by atoms with Crippen LogP contribution in [0.2, 0.25) is 0 Å². The quantitative estimate of drug-likeness (QED) is 0.785. The monoisotopic (exact) mass is 254 g/mol. The number of carbonyl (C=O) groups excluding carboxylic acids is 1.